The topological polar surface area (TPSA) is 110 Å². The summed E-state index contributed by atoms with van der Waals surface area (Å²) in [5.74, 6) is -0.0645. The van der Waals surface area contributed by atoms with E-state index in [9.17, 15) is 9.59 Å². The van der Waals surface area contributed by atoms with Crippen molar-refractivity contribution < 1.29 is 19.1 Å². The van der Waals surface area contributed by atoms with Gasteiger partial charge in [-0.2, -0.15) is 0 Å². The quantitative estimate of drug-likeness (QED) is 0.318. The number of carbonyl (C=O) groups excluding carboxylic acids is 2. The van der Waals surface area contributed by atoms with Crippen molar-refractivity contribution in [3.8, 4) is 11.8 Å². The number of aromatic nitrogens is 4. The summed E-state index contributed by atoms with van der Waals surface area (Å²) in [6.07, 6.45) is 4.61. The zero-order valence-electron chi connectivity index (χ0n) is 19.8. The number of nitrogens with one attached hydrogen (secondary N) is 2. The summed E-state index contributed by atoms with van der Waals surface area (Å²) in [4.78, 5) is 26.7. The highest BCUT2D eigenvalue weighted by molar-refractivity contribution is 6.38. The molecule has 182 valence electrons. The van der Waals surface area contributed by atoms with E-state index in [0.717, 1.165) is 11.4 Å². The summed E-state index contributed by atoms with van der Waals surface area (Å²) in [5.41, 5.74) is -0.501. The van der Waals surface area contributed by atoms with Crippen LogP contribution in [0.25, 0.3) is 0 Å². The monoisotopic (exact) mass is 514 g/mol. The summed E-state index contributed by atoms with van der Waals surface area (Å²) in [7, 11) is 0. The van der Waals surface area contributed by atoms with Gasteiger partial charge in [0.15, 0.2) is 11.6 Å². The van der Waals surface area contributed by atoms with Crippen molar-refractivity contribution in [2.75, 3.05) is 0 Å². The fraction of sp³-hybridized carbons (Fsp3) is 0.280. The Morgan fingerprint density at radius 3 is 2.17 bits per heavy atom. The van der Waals surface area contributed by atoms with E-state index in [-0.39, 0.29) is 39.7 Å². The molecule has 2 atom stereocenters. The minimum absolute atomic E-state index is 0.155. The van der Waals surface area contributed by atoms with Crippen LogP contribution in [0, 0.1) is 26.2 Å². The number of Topliss-reactive ketones (excluding diaryl/α,β-unsaturated/α-hetero) is 2. The Bertz CT molecular complexity index is 1390. The number of rotatable bonds is 7. The van der Waals surface area contributed by atoms with Crippen LogP contribution in [0.15, 0.2) is 48.3 Å². The molecule has 3 aromatic rings. The highest BCUT2D eigenvalue weighted by Gasteiger charge is 2.47. The molecule has 0 fully saturated rings. The van der Waals surface area contributed by atoms with Crippen molar-refractivity contribution in [3.05, 3.63) is 80.8 Å². The number of nitrogens with zero attached hydrogens (tertiary/aromatic N) is 2. The number of ketones is 2. The third-order valence-electron chi connectivity index (χ3n) is 5.96. The van der Waals surface area contributed by atoms with Gasteiger partial charge in [-0.15, -0.1) is 10.2 Å². The van der Waals surface area contributed by atoms with Gasteiger partial charge >= 0.3 is 0 Å². The number of allylic oxidation sites excluding steroid dienone is 1. The van der Waals surface area contributed by atoms with E-state index >= 15 is 0 Å². The third kappa shape index (κ3) is 4.51. The Hall–Kier alpha value is -3.36. The second-order valence-corrected chi connectivity index (χ2v) is 9.52. The smallest absolute Gasteiger partial charge is 0.237 e. The largest absolute Gasteiger partial charge is 0.453 e. The molecule has 2 heterocycles. The molecule has 1 aromatic carbocycles. The zero-order chi connectivity index (χ0) is 25.5. The number of aryl methyl sites for hydroxylation is 2. The summed E-state index contributed by atoms with van der Waals surface area (Å²) in [5, 5.41) is 14.5. The second kappa shape index (κ2) is 9.02. The van der Waals surface area contributed by atoms with Gasteiger partial charge in [0.05, 0.1) is 5.02 Å². The predicted octanol–water partition coefficient (Wildman–Crippen LogP) is 5.49. The number of hydrogen-bond acceptors (Lipinski definition) is 6. The molecule has 0 amide bonds. The van der Waals surface area contributed by atoms with Gasteiger partial charge < -0.3 is 9.47 Å². The molecule has 0 bridgehead atoms. The summed E-state index contributed by atoms with van der Waals surface area (Å²) >= 11 is 12.7. The van der Waals surface area contributed by atoms with Crippen LogP contribution >= 0.6 is 23.2 Å². The van der Waals surface area contributed by atoms with Crippen molar-refractivity contribution >= 4 is 34.8 Å². The van der Waals surface area contributed by atoms with E-state index < -0.39 is 11.0 Å². The minimum atomic E-state index is -1.55. The van der Waals surface area contributed by atoms with Crippen LogP contribution in [-0.4, -0.2) is 37.6 Å². The maximum Gasteiger partial charge on any atom is 0.237 e. The molecule has 0 spiro atoms. The lowest BCUT2D eigenvalue weighted by Gasteiger charge is -2.36. The van der Waals surface area contributed by atoms with Gasteiger partial charge in [0.1, 0.15) is 11.2 Å². The number of hydrogen-bond donors (Lipinski definition) is 2. The Labute approximate surface area is 212 Å². The number of aromatic amines is 2. The highest BCUT2D eigenvalue weighted by Crippen LogP contribution is 2.43. The van der Waals surface area contributed by atoms with E-state index in [1.165, 1.54) is 19.1 Å². The number of ether oxygens (including phenoxy) is 2. The van der Waals surface area contributed by atoms with Crippen LogP contribution in [0.3, 0.4) is 0 Å². The van der Waals surface area contributed by atoms with Crippen molar-refractivity contribution in [2.24, 2.45) is 5.41 Å². The average Bonchev–Trinajstić information content (AvgIpc) is 3.41. The summed E-state index contributed by atoms with van der Waals surface area (Å²) in [6.45, 7) is 8.44. The third-order valence-corrected chi connectivity index (χ3v) is 6.86. The first-order chi connectivity index (χ1) is 16.4. The molecule has 1 aliphatic rings. The van der Waals surface area contributed by atoms with Gasteiger partial charge in [-0.25, -0.2) is 0 Å². The lowest BCUT2D eigenvalue weighted by Crippen LogP contribution is -2.46. The van der Waals surface area contributed by atoms with Gasteiger partial charge in [-0.3, -0.25) is 19.8 Å². The Kier molecular flexibility index (Phi) is 6.38. The fourth-order valence-corrected chi connectivity index (χ4v) is 4.19. The average molecular weight is 515 g/mol. The van der Waals surface area contributed by atoms with Crippen LogP contribution in [0.2, 0.25) is 10.0 Å². The molecule has 4 rings (SSSR count). The number of halogens is 2. The highest BCUT2D eigenvalue weighted by atomic mass is 35.5. The first kappa shape index (κ1) is 24.8. The second-order valence-electron chi connectivity index (χ2n) is 8.74. The Morgan fingerprint density at radius 1 is 0.971 bits per heavy atom. The van der Waals surface area contributed by atoms with Crippen LogP contribution in [0.4, 0.5) is 0 Å². The van der Waals surface area contributed by atoms with Crippen molar-refractivity contribution in [2.45, 2.75) is 40.2 Å². The molecule has 2 aromatic heterocycles. The van der Waals surface area contributed by atoms with E-state index in [1.807, 2.05) is 13.8 Å². The van der Waals surface area contributed by atoms with Crippen molar-refractivity contribution in [3.63, 3.8) is 0 Å². The number of carbonyl (C=O) groups is 2. The molecule has 0 saturated carbocycles. The van der Waals surface area contributed by atoms with Gasteiger partial charge in [0, 0.05) is 40.2 Å². The minimum Gasteiger partial charge on any atom is -0.453 e. The van der Waals surface area contributed by atoms with Gasteiger partial charge in [-0.1, -0.05) is 29.3 Å². The maximum atomic E-state index is 13.9. The normalized spacial score (nSPS) is 21.5. The molecular weight excluding hydrogens is 491 g/mol. The fourth-order valence-electron chi connectivity index (χ4n) is 3.74. The van der Waals surface area contributed by atoms with Crippen LogP contribution in [0.1, 0.15) is 41.2 Å². The lowest BCUT2D eigenvalue weighted by molar-refractivity contribution is -0.126. The van der Waals surface area contributed by atoms with Crippen LogP contribution < -0.4 is 9.47 Å². The summed E-state index contributed by atoms with van der Waals surface area (Å²) < 4.78 is 12.1. The predicted molar refractivity (Wildman–Crippen MR) is 132 cm³/mol. The molecule has 10 heteroatoms. The standard InChI is InChI=1S/C25H24Cl2N4O4/c1-13-10-20(30-28-13)34-19-12-25(16(4)32,35-21-11-14(2)29-31-21)9-8-24(19,5)23(33)17-6-7-18(26)15(3)22(17)27/h6-12H,1-5H3,(H,28,30)(H,29,31). The summed E-state index contributed by atoms with van der Waals surface area (Å²) in [6, 6.07) is 6.54. The number of benzene rings is 1. The van der Waals surface area contributed by atoms with Crippen LogP contribution in [0.5, 0.6) is 11.8 Å². The first-order valence-corrected chi connectivity index (χ1v) is 11.6. The zero-order valence-corrected chi connectivity index (χ0v) is 21.3. The van der Waals surface area contributed by atoms with Crippen molar-refractivity contribution in [1.82, 2.24) is 20.4 Å². The van der Waals surface area contributed by atoms with E-state index in [0.29, 0.717) is 10.6 Å². The molecule has 0 saturated heterocycles. The van der Waals surface area contributed by atoms with Crippen molar-refractivity contribution in [1.29, 1.82) is 0 Å². The first-order valence-electron chi connectivity index (χ1n) is 10.8. The maximum absolute atomic E-state index is 13.9. The molecule has 2 N–H and O–H groups in total. The van der Waals surface area contributed by atoms with Gasteiger partial charge in [0.25, 0.3) is 0 Å². The van der Waals surface area contributed by atoms with Crippen LogP contribution in [-0.2, 0) is 4.79 Å². The molecule has 35 heavy (non-hydrogen) atoms. The SMILES string of the molecule is CC(=O)C1(Oc2cc(C)[nH]n2)C=CC(C)(C(=O)c2ccc(Cl)c(C)c2Cl)C(Oc2cc(C)[nH]n2)=C1. The molecule has 0 aliphatic heterocycles. The molecule has 2 unspecified atom stereocenters. The molecule has 8 nitrogen and oxygen atoms in total. The van der Waals surface area contributed by atoms with E-state index in [1.54, 1.807) is 44.2 Å². The Morgan fingerprint density at radius 2 is 1.60 bits per heavy atom. The number of H-pyrrole nitrogens is 2. The van der Waals surface area contributed by atoms with Gasteiger partial charge in [-0.05, 0) is 58.4 Å². The van der Waals surface area contributed by atoms with E-state index in [2.05, 4.69) is 20.4 Å². The van der Waals surface area contributed by atoms with Gasteiger partial charge in [0.2, 0.25) is 17.4 Å². The lowest BCUT2D eigenvalue weighted by atomic mass is 9.73. The molecule has 1 aliphatic carbocycles. The molecule has 0 radical (unpaired) electrons. The molecular formula is C25H24Cl2N4O4. The van der Waals surface area contributed by atoms with E-state index in [4.69, 9.17) is 32.7 Å². The Balaban J connectivity index is 1.84.